The van der Waals surface area contributed by atoms with Gasteiger partial charge in [-0.2, -0.15) is 0 Å². The molecular formula is C24H28N7O2+. The van der Waals surface area contributed by atoms with Crippen molar-refractivity contribution >= 4 is 22.9 Å². The molecule has 6 heterocycles. The highest BCUT2D eigenvalue weighted by atomic mass is 16.5. The molecule has 3 saturated heterocycles. The number of aliphatic hydroxyl groups is 2. The number of nitrogens with zero attached hydrogens (tertiary/aromatic N) is 6. The van der Waals surface area contributed by atoms with Gasteiger partial charge in [0.05, 0.1) is 18.0 Å². The maximum atomic E-state index is 13.2. The van der Waals surface area contributed by atoms with E-state index in [0.717, 1.165) is 74.2 Å². The summed E-state index contributed by atoms with van der Waals surface area (Å²) in [4.78, 5) is 39.6. The highest BCUT2D eigenvalue weighted by molar-refractivity contribution is 5.81. The van der Waals surface area contributed by atoms with Gasteiger partial charge in [-0.3, -0.25) is 4.79 Å². The molecule has 4 fully saturated rings. The van der Waals surface area contributed by atoms with Crippen LogP contribution < -0.4 is 4.90 Å². The summed E-state index contributed by atoms with van der Waals surface area (Å²) in [6.07, 6.45) is 7.52. The van der Waals surface area contributed by atoms with Gasteiger partial charge in [-0.1, -0.05) is 0 Å². The number of carbonyl (C=O) groups excluding carboxylic acids is 1. The van der Waals surface area contributed by atoms with Crippen molar-refractivity contribution in [2.75, 3.05) is 31.1 Å². The number of amides is 1. The van der Waals surface area contributed by atoms with Crippen LogP contribution in [0.25, 0.3) is 22.7 Å². The van der Waals surface area contributed by atoms with Gasteiger partial charge >= 0.3 is 0 Å². The topological polar surface area (TPSA) is 104 Å². The van der Waals surface area contributed by atoms with Gasteiger partial charge < -0.3 is 19.5 Å². The van der Waals surface area contributed by atoms with Crippen molar-refractivity contribution in [1.29, 1.82) is 0 Å². The summed E-state index contributed by atoms with van der Waals surface area (Å²) in [5.74, 6) is 3.36. The van der Waals surface area contributed by atoms with Crippen LogP contribution in [0.1, 0.15) is 43.8 Å². The lowest BCUT2D eigenvalue weighted by atomic mass is 9.96. The van der Waals surface area contributed by atoms with Crippen molar-refractivity contribution in [3.05, 3.63) is 30.2 Å². The predicted octanol–water partition coefficient (Wildman–Crippen LogP) is 2.02. The number of fused-ring (bicyclic) bond motifs is 3. The monoisotopic (exact) mass is 446 g/mol. The van der Waals surface area contributed by atoms with Crippen LogP contribution in [0.5, 0.6) is 0 Å². The number of hydrogen-bond acceptors (Lipinski definition) is 6. The van der Waals surface area contributed by atoms with Crippen molar-refractivity contribution in [2.45, 2.75) is 50.2 Å². The van der Waals surface area contributed by atoms with Crippen LogP contribution in [-0.4, -0.2) is 78.9 Å². The van der Waals surface area contributed by atoms with E-state index in [1.54, 1.807) is 0 Å². The Morgan fingerprint density at radius 1 is 1.09 bits per heavy atom. The molecule has 3 atom stereocenters. The van der Waals surface area contributed by atoms with E-state index in [0.29, 0.717) is 29.6 Å². The summed E-state index contributed by atoms with van der Waals surface area (Å²) in [5, 5.41) is 0. The molecule has 0 aromatic carbocycles. The van der Waals surface area contributed by atoms with Gasteiger partial charge in [0.15, 0.2) is 24.2 Å². The van der Waals surface area contributed by atoms with E-state index in [1.165, 1.54) is 12.8 Å². The molecule has 9 heteroatoms. The van der Waals surface area contributed by atoms with Gasteiger partial charge in [0.1, 0.15) is 23.4 Å². The number of morpholine rings is 1. The lowest BCUT2D eigenvalue weighted by molar-refractivity contribution is -0.150. The summed E-state index contributed by atoms with van der Waals surface area (Å²) in [6.45, 7) is 3.26. The van der Waals surface area contributed by atoms with Gasteiger partial charge in [0, 0.05) is 31.6 Å². The van der Waals surface area contributed by atoms with Crippen LogP contribution in [0.2, 0.25) is 0 Å². The Bertz CT molecular complexity index is 1220. The Morgan fingerprint density at radius 2 is 2.03 bits per heavy atom. The number of H-pyrrole nitrogens is 1. The summed E-state index contributed by atoms with van der Waals surface area (Å²) in [5.41, 5.74) is 2.38. The molecule has 3 aromatic rings. The molecule has 170 valence electrons. The number of aromatic nitrogens is 5. The molecule has 4 aliphatic rings. The molecule has 9 nitrogen and oxygen atoms in total. The molecule has 3 aliphatic heterocycles. The van der Waals surface area contributed by atoms with E-state index in [9.17, 15) is 4.79 Å². The first-order chi connectivity index (χ1) is 16.2. The lowest BCUT2D eigenvalue weighted by Crippen LogP contribution is -2.49. The number of aromatic amines is 1. The fraction of sp³-hybridized carbons (Fsp3) is 0.542. The average Bonchev–Trinajstić information content (AvgIpc) is 3.28. The van der Waals surface area contributed by atoms with Crippen LogP contribution in [0.3, 0.4) is 0 Å². The summed E-state index contributed by atoms with van der Waals surface area (Å²) >= 11 is 0. The third-order valence-electron chi connectivity index (χ3n) is 7.53. The van der Waals surface area contributed by atoms with Gasteiger partial charge in [-0.05, 0) is 43.9 Å². The fourth-order valence-electron chi connectivity index (χ4n) is 5.58. The molecule has 2 N–H and O–H groups in total. The van der Waals surface area contributed by atoms with E-state index in [-0.39, 0.29) is 5.92 Å². The van der Waals surface area contributed by atoms with Gasteiger partial charge in [0.2, 0.25) is 5.91 Å². The predicted molar refractivity (Wildman–Crippen MR) is 123 cm³/mol. The van der Waals surface area contributed by atoms with E-state index in [1.807, 2.05) is 24.4 Å². The summed E-state index contributed by atoms with van der Waals surface area (Å²) in [6, 6.07) is 6.29. The molecule has 0 radical (unpaired) electrons. The Morgan fingerprint density at radius 3 is 2.85 bits per heavy atom. The lowest BCUT2D eigenvalue weighted by Gasteiger charge is -2.36. The quantitative estimate of drug-likeness (QED) is 0.615. The first-order valence-corrected chi connectivity index (χ1v) is 12.1. The van der Waals surface area contributed by atoms with Gasteiger partial charge in [0.25, 0.3) is 0 Å². The van der Waals surface area contributed by atoms with Crippen LogP contribution in [0, 0.1) is 5.92 Å². The fourth-order valence-corrected chi connectivity index (χ4v) is 5.58. The molecular weight excluding hydrogens is 418 g/mol. The Labute approximate surface area is 191 Å². The smallest absolute Gasteiger partial charge is 0.228 e. The van der Waals surface area contributed by atoms with Crippen LogP contribution in [0.15, 0.2) is 24.4 Å². The third kappa shape index (κ3) is 3.45. The Kier molecular flexibility index (Phi) is 4.40. The van der Waals surface area contributed by atoms with Crippen molar-refractivity contribution in [3.63, 3.8) is 0 Å². The number of anilines is 1. The van der Waals surface area contributed by atoms with Crippen molar-refractivity contribution in [1.82, 2.24) is 29.8 Å². The minimum atomic E-state index is 0.0344. The van der Waals surface area contributed by atoms with Gasteiger partial charge in [-0.15, -0.1) is 0 Å². The molecule has 3 aromatic heterocycles. The van der Waals surface area contributed by atoms with Crippen LogP contribution in [0.4, 0.5) is 5.82 Å². The second kappa shape index (κ2) is 7.48. The second-order valence-electron chi connectivity index (χ2n) is 9.88. The molecule has 1 aliphatic carbocycles. The number of rotatable bonds is 4. The van der Waals surface area contributed by atoms with Crippen molar-refractivity contribution < 1.29 is 9.53 Å². The summed E-state index contributed by atoms with van der Waals surface area (Å²) < 4.78 is 4.58. The molecule has 2 unspecified atom stereocenters. The molecule has 0 spiro atoms. The normalized spacial score (nSPS) is 27.0. The number of imidazole rings is 1. The van der Waals surface area contributed by atoms with Gasteiger partial charge in [-0.25, -0.2) is 19.9 Å². The van der Waals surface area contributed by atoms with E-state index < -0.39 is 0 Å². The van der Waals surface area contributed by atoms with E-state index in [2.05, 4.69) is 24.5 Å². The standard InChI is InChI=1S/C24H27N7O2/c32-24(31-12-17-10-16(31)13-33-17)15-2-1-9-30(11-15)20-6-5-18-23(28-20)29-22(27-18)19-7-8-25-21(26-19)14-3-4-14/h5-8,14-17H,1-4,9-13H2,(H,27,28,29)/p+1/t15-,16?,17?/m1/s1. The SMILES string of the molecule is O=C([C@@H]1CCCN(c2ccc3[nH]c(-c4ccnc(C5CC5)n4)nc3n2)C1)N1CC2CC1C[OH+]2. The molecule has 7 rings (SSSR count). The molecule has 2 bridgehead atoms. The zero-order valence-electron chi connectivity index (χ0n) is 18.5. The van der Waals surface area contributed by atoms with Crippen LogP contribution in [-0.2, 0) is 4.79 Å². The number of ether oxygens (including phenoxy) is 1. The Hall–Kier alpha value is -3.07. The van der Waals surface area contributed by atoms with E-state index in [4.69, 9.17) is 15.0 Å². The number of likely N-dealkylation sites (tertiary alicyclic amines) is 1. The molecule has 33 heavy (non-hydrogen) atoms. The number of nitrogens with one attached hydrogen (secondary N) is 1. The second-order valence-corrected chi connectivity index (χ2v) is 9.88. The maximum Gasteiger partial charge on any atom is 0.228 e. The minimum Gasteiger partial charge on any atom is -0.429 e. The van der Waals surface area contributed by atoms with Crippen molar-refractivity contribution in [3.8, 4) is 11.5 Å². The number of piperidine rings is 1. The van der Waals surface area contributed by atoms with Crippen LogP contribution >= 0.6 is 0 Å². The zero-order chi connectivity index (χ0) is 21.9. The first-order valence-electron chi connectivity index (χ1n) is 12.1. The maximum absolute atomic E-state index is 13.2. The molecule has 1 amide bonds. The minimum absolute atomic E-state index is 0.0344. The van der Waals surface area contributed by atoms with Crippen molar-refractivity contribution in [2.24, 2.45) is 5.92 Å². The average molecular weight is 447 g/mol. The Balaban J connectivity index is 1.11. The number of pyridine rings is 1. The summed E-state index contributed by atoms with van der Waals surface area (Å²) in [7, 11) is 0. The zero-order valence-corrected chi connectivity index (χ0v) is 18.5. The first kappa shape index (κ1) is 19.4. The largest absolute Gasteiger partial charge is 0.429 e. The molecule has 1 saturated carbocycles. The highest BCUT2D eigenvalue weighted by Crippen LogP contribution is 2.38. The van der Waals surface area contributed by atoms with E-state index >= 15 is 0 Å². The number of hydrogen-bond donors (Lipinski definition) is 1. The highest BCUT2D eigenvalue weighted by Gasteiger charge is 2.47. The number of carbonyl (C=O) groups is 1. The third-order valence-corrected chi connectivity index (χ3v) is 7.53.